The van der Waals surface area contributed by atoms with E-state index in [0.29, 0.717) is 23.6 Å². The lowest BCUT2D eigenvalue weighted by atomic mass is 10.2. The summed E-state index contributed by atoms with van der Waals surface area (Å²) in [6.45, 7) is 2.31. The topological polar surface area (TPSA) is 59.2 Å². The van der Waals surface area contributed by atoms with Gasteiger partial charge in [-0.2, -0.15) is 0 Å². The Kier molecular flexibility index (Phi) is 3.75. The number of pyridine rings is 1. The van der Waals surface area contributed by atoms with Crippen molar-refractivity contribution in [3.05, 3.63) is 54.1 Å². The number of nitrogens with two attached hydrogens (primary N) is 1. The van der Waals surface area contributed by atoms with E-state index in [1.807, 2.05) is 6.92 Å². The second-order valence-electron chi connectivity index (χ2n) is 4.00. The maximum absolute atomic E-state index is 12.9. The number of hydrogen-bond donors (Lipinski definition) is 1. The van der Waals surface area contributed by atoms with Crippen LogP contribution in [0.15, 0.2) is 42.6 Å². The molecule has 1 aromatic heterocycles. The Balaban J connectivity index is 2.29. The number of anilines is 2. The van der Waals surface area contributed by atoms with Crippen LogP contribution in [0, 0.1) is 5.82 Å². The highest BCUT2D eigenvalue weighted by molar-refractivity contribution is 6.04. The number of aromatic nitrogens is 1. The summed E-state index contributed by atoms with van der Waals surface area (Å²) in [5, 5.41) is 0. The van der Waals surface area contributed by atoms with Crippen LogP contribution in [0.1, 0.15) is 17.4 Å². The van der Waals surface area contributed by atoms with E-state index >= 15 is 0 Å². The Morgan fingerprint density at radius 1 is 1.26 bits per heavy atom. The van der Waals surface area contributed by atoms with Gasteiger partial charge < -0.3 is 10.6 Å². The molecule has 0 atom stereocenters. The average molecular weight is 259 g/mol. The summed E-state index contributed by atoms with van der Waals surface area (Å²) in [5.41, 5.74) is 6.97. The minimum absolute atomic E-state index is 0.242. The lowest BCUT2D eigenvalue weighted by Crippen LogP contribution is -2.31. The Morgan fingerprint density at radius 2 is 1.95 bits per heavy atom. The summed E-state index contributed by atoms with van der Waals surface area (Å²) in [4.78, 5) is 17.8. The normalized spacial score (nSPS) is 10.2. The molecular formula is C14H14FN3O. The van der Waals surface area contributed by atoms with Crippen LogP contribution in [0.4, 0.5) is 15.8 Å². The Bertz CT molecular complexity index is 566. The maximum atomic E-state index is 12.9. The summed E-state index contributed by atoms with van der Waals surface area (Å²) < 4.78 is 12.9. The largest absolute Gasteiger partial charge is 0.397 e. The molecule has 2 N–H and O–H groups in total. The molecule has 0 unspecified atom stereocenters. The van der Waals surface area contributed by atoms with Crippen LogP contribution in [-0.4, -0.2) is 17.4 Å². The Hall–Kier alpha value is -2.43. The van der Waals surface area contributed by atoms with Crippen molar-refractivity contribution in [2.24, 2.45) is 0 Å². The Morgan fingerprint density at radius 3 is 2.47 bits per heavy atom. The molecule has 5 heteroatoms. The van der Waals surface area contributed by atoms with Crippen molar-refractivity contribution < 1.29 is 9.18 Å². The highest BCUT2D eigenvalue weighted by atomic mass is 19.1. The van der Waals surface area contributed by atoms with E-state index in [2.05, 4.69) is 4.98 Å². The van der Waals surface area contributed by atoms with Crippen molar-refractivity contribution in [3.63, 3.8) is 0 Å². The molecule has 4 nitrogen and oxygen atoms in total. The predicted molar refractivity (Wildman–Crippen MR) is 72.4 cm³/mol. The second-order valence-corrected chi connectivity index (χ2v) is 4.00. The van der Waals surface area contributed by atoms with Gasteiger partial charge in [-0.15, -0.1) is 0 Å². The molecule has 1 aromatic carbocycles. The third-order valence-corrected chi connectivity index (χ3v) is 2.71. The van der Waals surface area contributed by atoms with Gasteiger partial charge in [0.2, 0.25) is 0 Å². The molecular weight excluding hydrogens is 245 g/mol. The maximum Gasteiger partial charge on any atom is 0.276 e. The van der Waals surface area contributed by atoms with Gasteiger partial charge in [0.05, 0.1) is 11.9 Å². The second kappa shape index (κ2) is 5.48. The zero-order valence-corrected chi connectivity index (χ0v) is 10.5. The summed E-state index contributed by atoms with van der Waals surface area (Å²) in [6, 6.07) is 8.97. The van der Waals surface area contributed by atoms with Crippen LogP contribution in [0.3, 0.4) is 0 Å². The molecule has 0 aliphatic carbocycles. The van der Waals surface area contributed by atoms with Crippen LogP contribution in [0.5, 0.6) is 0 Å². The number of rotatable bonds is 3. The third-order valence-electron chi connectivity index (χ3n) is 2.71. The number of carbonyl (C=O) groups is 1. The van der Waals surface area contributed by atoms with Gasteiger partial charge in [-0.3, -0.25) is 4.79 Å². The van der Waals surface area contributed by atoms with Gasteiger partial charge in [0.25, 0.3) is 5.91 Å². The summed E-state index contributed by atoms with van der Waals surface area (Å²) in [6.07, 6.45) is 1.44. The first-order chi connectivity index (χ1) is 9.11. The van der Waals surface area contributed by atoms with Crippen molar-refractivity contribution in [2.75, 3.05) is 17.2 Å². The van der Waals surface area contributed by atoms with Crippen LogP contribution in [0.2, 0.25) is 0 Å². The minimum atomic E-state index is -0.335. The number of nitrogens with zero attached hydrogens (tertiary/aromatic N) is 2. The average Bonchev–Trinajstić information content (AvgIpc) is 2.42. The van der Waals surface area contributed by atoms with Crippen LogP contribution >= 0.6 is 0 Å². The van der Waals surface area contributed by atoms with Crippen LogP contribution in [-0.2, 0) is 0 Å². The van der Waals surface area contributed by atoms with Gasteiger partial charge in [-0.25, -0.2) is 9.37 Å². The first-order valence-electron chi connectivity index (χ1n) is 5.90. The van der Waals surface area contributed by atoms with Gasteiger partial charge in [0, 0.05) is 12.2 Å². The van der Waals surface area contributed by atoms with Gasteiger partial charge >= 0.3 is 0 Å². The first kappa shape index (κ1) is 13.0. The van der Waals surface area contributed by atoms with Crippen molar-refractivity contribution in [2.45, 2.75) is 6.92 Å². The number of nitrogen functional groups attached to an aromatic ring is 1. The molecule has 0 spiro atoms. The first-order valence-corrected chi connectivity index (χ1v) is 5.90. The molecule has 0 bridgehead atoms. The monoisotopic (exact) mass is 259 g/mol. The highest BCUT2D eigenvalue weighted by Gasteiger charge is 2.17. The molecule has 2 rings (SSSR count). The smallest absolute Gasteiger partial charge is 0.276 e. The summed E-state index contributed by atoms with van der Waals surface area (Å²) in [5.74, 6) is -0.577. The molecule has 0 aliphatic heterocycles. The van der Waals surface area contributed by atoms with Crippen molar-refractivity contribution >= 4 is 17.3 Å². The van der Waals surface area contributed by atoms with Crippen molar-refractivity contribution in [3.8, 4) is 0 Å². The summed E-state index contributed by atoms with van der Waals surface area (Å²) in [7, 11) is 0. The molecule has 98 valence electrons. The van der Waals surface area contributed by atoms with E-state index in [0.717, 1.165) is 0 Å². The van der Waals surface area contributed by atoms with Crippen molar-refractivity contribution in [1.82, 2.24) is 4.98 Å². The number of carbonyl (C=O) groups excluding carboxylic acids is 1. The molecule has 19 heavy (non-hydrogen) atoms. The standard InChI is InChI=1S/C14H14FN3O/c1-2-18(12-6-3-10(15)4-7-12)14(19)13-8-5-11(16)9-17-13/h3-9H,2,16H2,1H3. The predicted octanol–water partition coefficient (Wildman–Crippen LogP) is 2.47. The Labute approximate surface area is 110 Å². The van der Waals surface area contributed by atoms with Crippen LogP contribution < -0.4 is 10.6 Å². The minimum Gasteiger partial charge on any atom is -0.397 e. The van der Waals surface area contributed by atoms with Crippen LogP contribution in [0.25, 0.3) is 0 Å². The van der Waals surface area contributed by atoms with Gasteiger partial charge in [0.15, 0.2) is 0 Å². The lowest BCUT2D eigenvalue weighted by Gasteiger charge is -2.20. The highest BCUT2D eigenvalue weighted by Crippen LogP contribution is 2.17. The molecule has 0 radical (unpaired) electrons. The third kappa shape index (κ3) is 2.88. The number of benzene rings is 1. The van der Waals surface area contributed by atoms with E-state index in [1.54, 1.807) is 24.3 Å². The van der Waals surface area contributed by atoms with E-state index in [9.17, 15) is 9.18 Å². The molecule has 0 saturated heterocycles. The van der Waals surface area contributed by atoms with Gasteiger partial charge in [0.1, 0.15) is 11.5 Å². The van der Waals surface area contributed by atoms with Gasteiger partial charge in [-0.1, -0.05) is 0 Å². The zero-order chi connectivity index (χ0) is 13.8. The molecule has 0 fully saturated rings. The van der Waals surface area contributed by atoms with Gasteiger partial charge in [-0.05, 0) is 43.3 Å². The fourth-order valence-electron chi connectivity index (χ4n) is 1.73. The number of amides is 1. The summed E-state index contributed by atoms with van der Waals surface area (Å²) >= 11 is 0. The van der Waals surface area contributed by atoms with Crippen molar-refractivity contribution in [1.29, 1.82) is 0 Å². The molecule has 0 saturated carbocycles. The fraction of sp³-hybridized carbons (Fsp3) is 0.143. The van der Waals surface area contributed by atoms with E-state index in [-0.39, 0.29) is 11.7 Å². The molecule has 0 aliphatic rings. The van der Waals surface area contributed by atoms with E-state index in [4.69, 9.17) is 5.73 Å². The lowest BCUT2D eigenvalue weighted by molar-refractivity contribution is 0.0983. The molecule has 1 amide bonds. The fourth-order valence-corrected chi connectivity index (χ4v) is 1.73. The number of halogens is 1. The number of hydrogen-bond acceptors (Lipinski definition) is 3. The quantitative estimate of drug-likeness (QED) is 0.921. The SMILES string of the molecule is CCN(C(=O)c1ccc(N)cn1)c1ccc(F)cc1. The molecule has 1 heterocycles. The van der Waals surface area contributed by atoms with E-state index in [1.165, 1.54) is 23.2 Å². The zero-order valence-electron chi connectivity index (χ0n) is 10.5. The van der Waals surface area contributed by atoms with E-state index < -0.39 is 0 Å². The molecule has 2 aromatic rings.